The van der Waals surface area contributed by atoms with Crippen molar-refractivity contribution in [2.24, 2.45) is 0 Å². The molecule has 1 amide bonds. The molecule has 2 aromatic rings. The van der Waals surface area contributed by atoms with Crippen molar-refractivity contribution in [3.8, 4) is 0 Å². The first-order valence-corrected chi connectivity index (χ1v) is 10.5. The third-order valence-corrected chi connectivity index (χ3v) is 5.26. The van der Waals surface area contributed by atoms with Gasteiger partial charge in [0.1, 0.15) is 6.04 Å². The van der Waals surface area contributed by atoms with Crippen LogP contribution in [0.15, 0.2) is 43.0 Å². The minimum Gasteiger partial charge on any atom is -0.354 e. The number of carbonyl (C=O) groups excluding carboxylic acids is 1. The fourth-order valence-electron chi connectivity index (χ4n) is 2.68. The summed E-state index contributed by atoms with van der Waals surface area (Å²) < 4.78 is 27.7. The zero-order valence-electron chi connectivity index (χ0n) is 14.8. The number of nitrogens with one attached hydrogen (secondary N) is 1. The van der Waals surface area contributed by atoms with Gasteiger partial charge in [-0.25, -0.2) is 13.4 Å². The third kappa shape index (κ3) is 5.47. The second-order valence-corrected chi connectivity index (χ2v) is 8.20. The summed E-state index contributed by atoms with van der Waals surface area (Å²) in [5.74, 6) is -0.330. The van der Waals surface area contributed by atoms with Crippen molar-refractivity contribution in [3.63, 3.8) is 0 Å². The van der Waals surface area contributed by atoms with Gasteiger partial charge in [0.05, 0.1) is 18.3 Å². The number of benzene rings is 1. The Morgan fingerprint density at radius 3 is 2.77 bits per heavy atom. The number of amides is 1. The van der Waals surface area contributed by atoms with Gasteiger partial charge < -0.3 is 9.88 Å². The van der Waals surface area contributed by atoms with Crippen LogP contribution in [0.25, 0.3) is 0 Å². The lowest BCUT2D eigenvalue weighted by Crippen LogP contribution is -2.49. The number of rotatable bonds is 9. The molecule has 1 heterocycles. The van der Waals surface area contributed by atoms with Crippen LogP contribution in [-0.4, -0.2) is 42.7 Å². The van der Waals surface area contributed by atoms with Gasteiger partial charge in [-0.1, -0.05) is 24.6 Å². The van der Waals surface area contributed by atoms with Crippen molar-refractivity contribution < 1.29 is 13.2 Å². The molecule has 9 heteroatoms. The second-order valence-electron chi connectivity index (χ2n) is 5.91. The molecule has 0 aliphatic rings. The number of hydrogen-bond donors (Lipinski definition) is 1. The molecule has 26 heavy (non-hydrogen) atoms. The van der Waals surface area contributed by atoms with Crippen LogP contribution in [0.3, 0.4) is 0 Å². The highest BCUT2D eigenvalue weighted by Crippen LogP contribution is 2.25. The number of aromatic nitrogens is 2. The first-order chi connectivity index (χ1) is 12.3. The lowest BCUT2D eigenvalue weighted by Gasteiger charge is -2.30. The van der Waals surface area contributed by atoms with Crippen molar-refractivity contribution >= 4 is 33.2 Å². The van der Waals surface area contributed by atoms with Gasteiger partial charge in [0.25, 0.3) is 0 Å². The zero-order valence-corrected chi connectivity index (χ0v) is 16.4. The summed E-state index contributed by atoms with van der Waals surface area (Å²) in [7, 11) is -3.66. The lowest BCUT2D eigenvalue weighted by atomic mass is 10.2. The first-order valence-electron chi connectivity index (χ1n) is 8.31. The maximum atomic E-state index is 12.6. The van der Waals surface area contributed by atoms with Crippen molar-refractivity contribution in [2.45, 2.75) is 32.4 Å². The van der Waals surface area contributed by atoms with Gasteiger partial charge in [-0.05, 0) is 31.0 Å². The van der Waals surface area contributed by atoms with Crippen LogP contribution in [0, 0.1) is 0 Å². The van der Waals surface area contributed by atoms with E-state index in [-0.39, 0.29) is 5.91 Å². The van der Waals surface area contributed by atoms with Crippen LogP contribution in [0.5, 0.6) is 0 Å². The maximum Gasteiger partial charge on any atom is 0.243 e. The number of sulfonamides is 1. The second kappa shape index (κ2) is 9.05. The predicted octanol–water partition coefficient (Wildman–Crippen LogP) is 2.29. The van der Waals surface area contributed by atoms with E-state index in [9.17, 15) is 13.2 Å². The van der Waals surface area contributed by atoms with Gasteiger partial charge in [0, 0.05) is 30.5 Å². The molecule has 0 spiro atoms. The standard InChI is InChI=1S/C17H23ClN4O3S/c1-3-16(17(23)20-8-5-10-21-11-9-19-13-21)22(26(2,24)25)15-7-4-6-14(18)12-15/h4,6-7,9,11-13,16H,3,5,8,10H2,1-2H3,(H,20,23). The van der Waals surface area contributed by atoms with Gasteiger partial charge >= 0.3 is 0 Å². The first kappa shape index (κ1) is 20.3. The fourth-order valence-corrected chi connectivity index (χ4v) is 4.07. The Hall–Kier alpha value is -2.06. The molecular formula is C17H23ClN4O3S. The normalized spacial score (nSPS) is 12.6. The third-order valence-electron chi connectivity index (χ3n) is 3.84. The Bertz CT molecular complexity index is 824. The molecule has 0 aliphatic heterocycles. The molecule has 0 bridgehead atoms. The Morgan fingerprint density at radius 1 is 1.42 bits per heavy atom. The summed E-state index contributed by atoms with van der Waals surface area (Å²) in [4.78, 5) is 16.6. The molecule has 1 aromatic heterocycles. The Balaban J connectivity index is 2.07. The van der Waals surface area contributed by atoms with E-state index in [1.165, 1.54) is 6.07 Å². The van der Waals surface area contributed by atoms with Crippen LogP contribution in [0.4, 0.5) is 5.69 Å². The number of hydrogen-bond acceptors (Lipinski definition) is 4. The molecule has 0 saturated heterocycles. The van der Waals surface area contributed by atoms with Crippen LogP contribution in [0.1, 0.15) is 19.8 Å². The van der Waals surface area contributed by atoms with Crippen molar-refractivity contribution in [1.29, 1.82) is 0 Å². The van der Waals surface area contributed by atoms with Crippen LogP contribution < -0.4 is 9.62 Å². The van der Waals surface area contributed by atoms with Gasteiger partial charge in [0.15, 0.2) is 0 Å². The molecule has 1 atom stereocenters. The van der Waals surface area contributed by atoms with Crippen molar-refractivity contribution in [1.82, 2.24) is 14.9 Å². The van der Waals surface area contributed by atoms with Crippen molar-refractivity contribution in [2.75, 3.05) is 17.1 Å². The number of aryl methyl sites for hydroxylation is 1. The van der Waals surface area contributed by atoms with E-state index >= 15 is 0 Å². The van der Waals surface area contributed by atoms with E-state index in [2.05, 4.69) is 10.3 Å². The summed E-state index contributed by atoms with van der Waals surface area (Å²) in [5, 5.41) is 3.23. The molecule has 0 fully saturated rings. The Labute approximate surface area is 159 Å². The van der Waals surface area contributed by atoms with E-state index in [1.54, 1.807) is 37.6 Å². The largest absolute Gasteiger partial charge is 0.354 e. The molecule has 7 nitrogen and oxygen atoms in total. The molecule has 0 aliphatic carbocycles. The molecule has 1 aromatic carbocycles. The predicted molar refractivity (Wildman–Crippen MR) is 103 cm³/mol. The number of halogens is 1. The number of nitrogens with zero attached hydrogens (tertiary/aromatic N) is 3. The monoisotopic (exact) mass is 398 g/mol. The molecule has 0 saturated carbocycles. The van der Waals surface area contributed by atoms with Gasteiger partial charge in [0.2, 0.25) is 15.9 Å². The van der Waals surface area contributed by atoms with Crippen LogP contribution in [-0.2, 0) is 21.4 Å². The SMILES string of the molecule is CCC(C(=O)NCCCn1ccnc1)N(c1cccc(Cl)c1)S(C)(=O)=O. The molecular weight excluding hydrogens is 376 g/mol. The summed E-state index contributed by atoms with van der Waals surface area (Å²) >= 11 is 5.99. The van der Waals surface area contributed by atoms with Crippen LogP contribution >= 0.6 is 11.6 Å². The minimum absolute atomic E-state index is 0.330. The Kier molecular flexibility index (Phi) is 7.05. The quantitative estimate of drug-likeness (QED) is 0.657. The van der Waals surface area contributed by atoms with E-state index in [0.717, 1.165) is 17.1 Å². The maximum absolute atomic E-state index is 12.6. The summed E-state index contributed by atoms with van der Waals surface area (Å²) in [6.07, 6.45) is 7.40. The number of imidazole rings is 1. The smallest absolute Gasteiger partial charge is 0.243 e. The topological polar surface area (TPSA) is 84.3 Å². The van der Waals surface area contributed by atoms with Gasteiger partial charge in [-0.2, -0.15) is 0 Å². The summed E-state index contributed by atoms with van der Waals surface area (Å²) in [5.41, 5.74) is 0.375. The van der Waals surface area contributed by atoms with E-state index in [0.29, 0.717) is 30.1 Å². The average Bonchev–Trinajstić information content (AvgIpc) is 3.08. The van der Waals surface area contributed by atoms with Gasteiger partial charge in [-0.15, -0.1) is 0 Å². The minimum atomic E-state index is -3.66. The van der Waals surface area contributed by atoms with Gasteiger partial charge in [-0.3, -0.25) is 9.10 Å². The molecule has 0 radical (unpaired) electrons. The molecule has 142 valence electrons. The van der Waals surface area contributed by atoms with E-state index < -0.39 is 16.1 Å². The molecule has 2 rings (SSSR count). The van der Waals surface area contributed by atoms with E-state index in [1.807, 2.05) is 10.8 Å². The summed E-state index contributed by atoms with van der Waals surface area (Å²) in [6.45, 7) is 2.94. The lowest BCUT2D eigenvalue weighted by molar-refractivity contribution is -0.122. The zero-order chi connectivity index (χ0) is 19.2. The highest BCUT2D eigenvalue weighted by atomic mass is 35.5. The fraction of sp³-hybridized carbons (Fsp3) is 0.412. The average molecular weight is 399 g/mol. The summed E-state index contributed by atoms with van der Waals surface area (Å²) in [6, 6.07) is 5.64. The molecule has 1 N–H and O–H groups in total. The molecule has 1 unspecified atom stereocenters. The van der Waals surface area contributed by atoms with Crippen LogP contribution in [0.2, 0.25) is 5.02 Å². The highest BCUT2D eigenvalue weighted by Gasteiger charge is 2.31. The van der Waals surface area contributed by atoms with E-state index in [4.69, 9.17) is 11.6 Å². The number of anilines is 1. The Morgan fingerprint density at radius 2 is 2.19 bits per heavy atom. The number of carbonyl (C=O) groups is 1. The van der Waals surface area contributed by atoms with Crippen molar-refractivity contribution in [3.05, 3.63) is 48.0 Å². The highest BCUT2D eigenvalue weighted by molar-refractivity contribution is 7.92.